The summed E-state index contributed by atoms with van der Waals surface area (Å²) in [6, 6.07) is 0.145. The van der Waals surface area contributed by atoms with Gasteiger partial charge in [0.2, 0.25) is 5.89 Å². The summed E-state index contributed by atoms with van der Waals surface area (Å²) in [7, 11) is 0. The van der Waals surface area contributed by atoms with Gasteiger partial charge in [-0.05, 0) is 26.2 Å². The van der Waals surface area contributed by atoms with Crippen molar-refractivity contribution in [1.29, 1.82) is 0 Å². The second kappa shape index (κ2) is 5.89. The molecule has 2 aliphatic rings. The van der Waals surface area contributed by atoms with E-state index in [9.17, 15) is 0 Å². The molecule has 1 saturated heterocycles. The van der Waals surface area contributed by atoms with E-state index in [1.807, 2.05) is 23.5 Å². The minimum Gasteiger partial charge on any atom is -0.339 e. The second-order valence-corrected chi connectivity index (χ2v) is 8.58. The van der Waals surface area contributed by atoms with E-state index in [0.29, 0.717) is 10.5 Å². The van der Waals surface area contributed by atoms with E-state index in [1.165, 1.54) is 11.5 Å². The molecule has 0 bridgehead atoms. The topological polar surface area (TPSA) is 64.9 Å². The van der Waals surface area contributed by atoms with Gasteiger partial charge in [-0.15, -0.1) is 11.8 Å². The van der Waals surface area contributed by atoms with Gasteiger partial charge in [-0.2, -0.15) is 16.7 Å². The van der Waals surface area contributed by atoms with Gasteiger partial charge in [0.05, 0.1) is 10.7 Å². The van der Waals surface area contributed by atoms with Crippen LogP contribution in [0.25, 0.3) is 0 Å². The summed E-state index contributed by atoms with van der Waals surface area (Å²) in [6.07, 6.45) is 4.42. The van der Waals surface area contributed by atoms with Gasteiger partial charge >= 0.3 is 0 Å². The number of rotatable bonds is 3. The zero-order chi connectivity index (χ0) is 14.2. The summed E-state index contributed by atoms with van der Waals surface area (Å²) in [5.41, 5.74) is 6.12. The van der Waals surface area contributed by atoms with Crippen molar-refractivity contribution in [3.8, 4) is 0 Å². The van der Waals surface area contributed by atoms with E-state index in [4.69, 9.17) is 15.2 Å². The molecule has 4 unspecified atom stereocenters. The molecule has 112 valence electrons. The molecule has 0 spiro atoms. The number of nitrogens with two attached hydrogens (primary N) is 1. The smallest absolute Gasteiger partial charge is 0.234 e. The van der Waals surface area contributed by atoms with Crippen LogP contribution in [0.1, 0.15) is 56.5 Å². The average Bonchev–Trinajstić information content (AvgIpc) is 3.08. The third kappa shape index (κ3) is 2.50. The Hall–Kier alpha value is -0.200. The monoisotopic (exact) mass is 313 g/mol. The minimum atomic E-state index is -0.126. The molecule has 1 aliphatic carbocycles. The Morgan fingerprint density at radius 2 is 2.20 bits per heavy atom. The largest absolute Gasteiger partial charge is 0.339 e. The van der Waals surface area contributed by atoms with Crippen molar-refractivity contribution in [1.82, 2.24) is 10.1 Å². The molecule has 2 N–H and O–H groups in total. The third-order valence-electron chi connectivity index (χ3n) is 4.67. The van der Waals surface area contributed by atoms with Crippen LogP contribution in [0.2, 0.25) is 0 Å². The van der Waals surface area contributed by atoms with Gasteiger partial charge in [-0.25, -0.2) is 0 Å². The Morgan fingerprint density at radius 1 is 1.40 bits per heavy atom. The maximum absolute atomic E-state index is 6.25. The molecular weight excluding hydrogens is 290 g/mol. The van der Waals surface area contributed by atoms with E-state index < -0.39 is 0 Å². The van der Waals surface area contributed by atoms with Crippen molar-refractivity contribution in [3.63, 3.8) is 0 Å². The molecule has 4 atom stereocenters. The van der Waals surface area contributed by atoms with Crippen LogP contribution in [0.3, 0.4) is 0 Å². The lowest BCUT2D eigenvalue weighted by atomic mass is 9.85. The maximum Gasteiger partial charge on any atom is 0.234 e. The lowest BCUT2D eigenvalue weighted by Crippen LogP contribution is -2.38. The molecule has 1 aromatic heterocycles. The molecule has 0 amide bonds. The standard InChI is InChI=1S/C14H23N3OS2/c1-3-9-11(20-8-7-19-9)12-16-13(18-17-12)14(2)6-4-5-10(14)15/h9-11H,3-8,15H2,1-2H3. The van der Waals surface area contributed by atoms with Crippen molar-refractivity contribution in [2.75, 3.05) is 11.5 Å². The Morgan fingerprint density at radius 3 is 2.90 bits per heavy atom. The zero-order valence-electron chi connectivity index (χ0n) is 12.2. The minimum absolute atomic E-state index is 0.126. The lowest BCUT2D eigenvalue weighted by Gasteiger charge is -2.27. The summed E-state index contributed by atoms with van der Waals surface area (Å²) in [4.78, 5) is 4.74. The third-order valence-corrected chi connectivity index (χ3v) is 7.91. The van der Waals surface area contributed by atoms with Crippen molar-refractivity contribution < 1.29 is 4.52 Å². The van der Waals surface area contributed by atoms with Crippen LogP contribution >= 0.6 is 23.5 Å². The number of thioether (sulfide) groups is 2. The van der Waals surface area contributed by atoms with Crippen LogP contribution in [-0.2, 0) is 5.41 Å². The summed E-state index contributed by atoms with van der Waals surface area (Å²) >= 11 is 4.01. The number of aromatic nitrogens is 2. The van der Waals surface area contributed by atoms with Gasteiger partial charge in [0, 0.05) is 22.8 Å². The van der Waals surface area contributed by atoms with Crippen LogP contribution in [-0.4, -0.2) is 32.9 Å². The Kier molecular flexibility index (Phi) is 4.34. The fraction of sp³-hybridized carbons (Fsp3) is 0.857. The van der Waals surface area contributed by atoms with Gasteiger partial charge in [0.25, 0.3) is 0 Å². The molecule has 6 heteroatoms. The number of hydrogen-bond acceptors (Lipinski definition) is 6. The normalized spacial score (nSPS) is 38.2. The highest BCUT2D eigenvalue weighted by Crippen LogP contribution is 2.44. The fourth-order valence-electron chi connectivity index (χ4n) is 3.18. The first-order valence-corrected chi connectivity index (χ1v) is 9.57. The van der Waals surface area contributed by atoms with Gasteiger partial charge in [0.15, 0.2) is 5.82 Å². The number of nitrogens with zero attached hydrogens (tertiary/aromatic N) is 2. The van der Waals surface area contributed by atoms with Crippen LogP contribution in [0, 0.1) is 0 Å². The predicted molar refractivity (Wildman–Crippen MR) is 85.2 cm³/mol. The second-order valence-electron chi connectivity index (χ2n) is 5.98. The van der Waals surface area contributed by atoms with Crippen molar-refractivity contribution in [3.05, 3.63) is 11.7 Å². The van der Waals surface area contributed by atoms with Gasteiger partial charge in [0.1, 0.15) is 0 Å². The molecule has 4 nitrogen and oxygen atoms in total. The summed E-state index contributed by atoms with van der Waals surface area (Å²) < 4.78 is 5.60. The van der Waals surface area contributed by atoms with Crippen molar-refractivity contribution >= 4 is 23.5 Å². The van der Waals surface area contributed by atoms with Crippen molar-refractivity contribution in [2.45, 2.75) is 61.5 Å². The SMILES string of the molecule is CCC1SCCSC1c1noc(C2(C)CCCC2N)n1. The van der Waals surface area contributed by atoms with E-state index in [2.05, 4.69) is 19.0 Å². The molecule has 1 aromatic rings. The van der Waals surface area contributed by atoms with Gasteiger partial charge in [-0.1, -0.05) is 18.5 Å². The predicted octanol–water partition coefficient (Wildman–Crippen LogP) is 3.14. The van der Waals surface area contributed by atoms with Crippen LogP contribution in [0.15, 0.2) is 4.52 Å². The van der Waals surface area contributed by atoms with Crippen LogP contribution < -0.4 is 5.73 Å². The molecule has 0 aromatic carbocycles. The fourth-order valence-corrected chi connectivity index (χ4v) is 6.17. The molecular formula is C14H23N3OS2. The molecule has 0 radical (unpaired) electrons. The quantitative estimate of drug-likeness (QED) is 0.925. The van der Waals surface area contributed by atoms with Crippen molar-refractivity contribution in [2.24, 2.45) is 5.73 Å². The lowest BCUT2D eigenvalue weighted by molar-refractivity contribution is 0.276. The molecule has 1 aliphatic heterocycles. The highest BCUT2D eigenvalue weighted by atomic mass is 32.2. The van der Waals surface area contributed by atoms with E-state index >= 15 is 0 Å². The summed E-state index contributed by atoms with van der Waals surface area (Å²) in [5.74, 6) is 4.03. The Labute approximate surface area is 129 Å². The van der Waals surface area contributed by atoms with E-state index in [0.717, 1.165) is 37.4 Å². The molecule has 20 heavy (non-hydrogen) atoms. The highest BCUT2D eigenvalue weighted by Gasteiger charge is 2.43. The number of hydrogen-bond donors (Lipinski definition) is 1. The first-order chi connectivity index (χ1) is 9.65. The van der Waals surface area contributed by atoms with E-state index in [1.54, 1.807) is 0 Å². The first-order valence-electron chi connectivity index (χ1n) is 7.48. The van der Waals surface area contributed by atoms with Crippen LogP contribution in [0.4, 0.5) is 0 Å². The van der Waals surface area contributed by atoms with Gasteiger partial charge in [-0.3, -0.25) is 0 Å². The molecule has 1 saturated carbocycles. The zero-order valence-corrected chi connectivity index (χ0v) is 13.8. The summed E-state index contributed by atoms with van der Waals surface area (Å²) in [5, 5.41) is 5.26. The summed E-state index contributed by atoms with van der Waals surface area (Å²) in [6.45, 7) is 4.41. The average molecular weight is 313 g/mol. The van der Waals surface area contributed by atoms with Gasteiger partial charge < -0.3 is 10.3 Å². The molecule has 2 heterocycles. The molecule has 2 fully saturated rings. The Bertz CT molecular complexity index is 467. The first kappa shape index (κ1) is 14.7. The van der Waals surface area contributed by atoms with E-state index in [-0.39, 0.29) is 11.5 Å². The van der Waals surface area contributed by atoms with Crippen LogP contribution in [0.5, 0.6) is 0 Å². The molecule has 3 rings (SSSR count). The maximum atomic E-state index is 6.25. The highest BCUT2D eigenvalue weighted by molar-refractivity contribution is 8.06. The Balaban J connectivity index is 1.82.